The lowest BCUT2D eigenvalue weighted by molar-refractivity contribution is 0.161. The van der Waals surface area contributed by atoms with Crippen LogP contribution in [0, 0.1) is 0 Å². The highest BCUT2D eigenvalue weighted by molar-refractivity contribution is 9.11. The highest BCUT2D eigenvalue weighted by Gasteiger charge is 2.07. The van der Waals surface area contributed by atoms with E-state index in [-0.39, 0.29) is 0 Å². The standard InChI is InChI=1S/C9H11Br2NO2/c1-2-14-9-7(10)3-6(5-12-13)4-8(9)11/h3-4,12-13H,2,5H2,1H3. The van der Waals surface area contributed by atoms with E-state index in [1.807, 2.05) is 19.1 Å². The van der Waals surface area contributed by atoms with Gasteiger partial charge in [0.15, 0.2) is 0 Å². The molecule has 3 nitrogen and oxygen atoms in total. The molecule has 14 heavy (non-hydrogen) atoms. The van der Waals surface area contributed by atoms with Crippen molar-refractivity contribution < 1.29 is 9.94 Å². The molecule has 0 bridgehead atoms. The van der Waals surface area contributed by atoms with Crippen LogP contribution < -0.4 is 10.2 Å². The first-order chi connectivity index (χ1) is 6.69. The van der Waals surface area contributed by atoms with Gasteiger partial charge >= 0.3 is 0 Å². The molecular formula is C9H11Br2NO2. The molecule has 0 aromatic heterocycles. The maximum atomic E-state index is 8.56. The number of hydrogen-bond donors (Lipinski definition) is 2. The van der Waals surface area contributed by atoms with Gasteiger partial charge in [-0.25, -0.2) is 5.48 Å². The summed E-state index contributed by atoms with van der Waals surface area (Å²) in [6.07, 6.45) is 0. The van der Waals surface area contributed by atoms with Crippen molar-refractivity contribution in [3.63, 3.8) is 0 Å². The number of hydrogen-bond acceptors (Lipinski definition) is 3. The number of ether oxygens (including phenoxy) is 1. The van der Waals surface area contributed by atoms with Gasteiger partial charge in [-0.1, -0.05) is 0 Å². The molecule has 5 heteroatoms. The molecule has 0 saturated heterocycles. The van der Waals surface area contributed by atoms with Crippen molar-refractivity contribution in [1.82, 2.24) is 5.48 Å². The summed E-state index contributed by atoms with van der Waals surface area (Å²) in [5.41, 5.74) is 3.07. The third-order valence-electron chi connectivity index (χ3n) is 1.63. The Labute approximate surface area is 99.7 Å². The second kappa shape index (κ2) is 5.70. The Bertz CT molecular complexity index is 295. The molecule has 0 amide bonds. The average Bonchev–Trinajstić information content (AvgIpc) is 2.12. The topological polar surface area (TPSA) is 41.5 Å². The Kier molecular flexibility index (Phi) is 4.88. The minimum absolute atomic E-state index is 0.406. The Morgan fingerprint density at radius 3 is 2.36 bits per heavy atom. The van der Waals surface area contributed by atoms with Crippen molar-refractivity contribution in [1.29, 1.82) is 0 Å². The summed E-state index contributed by atoms with van der Waals surface area (Å²) in [7, 11) is 0. The first-order valence-corrected chi connectivity index (χ1v) is 5.75. The first kappa shape index (κ1) is 12.0. The fraction of sp³-hybridized carbons (Fsp3) is 0.333. The van der Waals surface area contributed by atoms with Crippen molar-refractivity contribution in [2.45, 2.75) is 13.5 Å². The zero-order valence-electron chi connectivity index (χ0n) is 7.68. The number of rotatable bonds is 4. The normalized spacial score (nSPS) is 10.3. The Morgan fingerprint density at radius 1 is 1.36 bits per heavy atom. The van der Waals surface area contributed by atoms with Crippen molar-refractivity contribution in [3.8, 4) is 5.75 Å². The Balaban J connectivity index is 2.98. The van der Waals surface area contributed by atoms with Gasteiger partial charge in [-0.05, 0) is 56.5 Å². The number of hydroxylamine groups is 1. The Morgan fingerprint density at radius 2 is 1.93 bits per heavy atom. The van der Waals surface area contributed by atoms with Crippen molar-refractivity contribution >= 4 is 31.9 Å². The predicted molar refractivity (Wildman–Crippen MR) is 61.6 cm³/mol. The van der Waals surface area contributed by atoms with E-state index in [0.717, 1.165) is 20.3 Å². The van der Waals surface area contributed by atoms with Crippen LogP contribution in [0.4, 0.5) is 0 Å². The molecule has 0 fully saturated rings. The molecule has 0 aliphatic carbocycles. The van der Waals surface area contributed by atoms with E-state index in [4.69, 9.17) is 9.94 Å². The number of nitrogens with one attached hydrogen (secondary N) is 1. The van der Waals surface area contributed by atoms with Crippen molar-refractivity contribution in [2.75, 3.05) is 6.61 Å². The van der Waals surface area contributed by atoms with Crippen molar-refractivity contribution in [2.24, 2.45) is 0 Å². The van der Waals surface area contributed by atoms with Gasteiger partial charge in [-0.2, -0.15) is 0 Å². The van der Waals surface area contributed by atoms with Gasteiger partial charge in [0, 0.05) is 6.54 Å². The van der Waals surface area contributed by atoms with Crippen LogP contribution in [0.15, 0.2) is 21.1 Å². The smallest absolute Gasteiger partial charge is 0.147 e. The monoisotopic (exact) mass is 323 g/mol. The van der Waals surface area contributed by atoms with Crippen molar-refractivity contribution in [3.05, 3.63) is 26.6 Å². The third-order valence-corrected chi connectivity index (χ3v) is 2.81. The summed E-state index contributed by atoms with van der Waals surface area (Å²) in [5.74, 6) is 0.786. The lowest BCUT2D eigenvalue weighted by atomic mass is 10.2. The maximum absolute atomic E-state index is 8.56. The molecule has 0 aliphatic rings. The van der Waals surface area contributed by atoms with Gasteiger partial charge in [0.25, 0.3) is 0 Å². The lowest BCUT2D eigenvalue weighted by Gasteiger charge is -2.10. The molecule has 0 atom stereocenters. The maximum Gasteiger partial charge on any atom is 0.147 e. The molecular weight excluding hydrogens is 314 g/mol. The highest BCUT2D eigenvalue weighted by Crippen LogP contribution is 2.34. The molecule has 1 aromatic carbocycles. The molecule has 78 valence electrons. The Hall–Kier alpha value is -0.100. The molecule has 1 aromatic rings. The quantitative estimate of drug-likeness (QED) is 0.836. The van der Waals surface area contributed by atoms with Gasteiger partial charge in [0.2, 0.25) is 0 Å². The minimum atomic E-state index is 0.406. The van der Waals surface area contributed by atoms with Gasteiger partial charge in [0.1, 0.15) is 5.75 Å². The van der Waals surface area contributed by atoms with Crippen LogP contribution in [-0.4, -0.2) is 11.8 Å². The summed E-state index contributed by atoms with van der Waals surface area (Å²) in [5, 5.41) is 8.56. The molecule has 0 spiro atoms. The fourth-order valence-corrected chi connectivity index (χ4v) is 2.60. The number of benzene rings is 1. The van der Waals surface area contributed by atoms with Crippen LogP contribution in [0.5, 0.6) is 5.75 Å². The van der Waals surface area contributed by atoms with Crippen LogP contribution in [-0.2, 0) is 6.54 Å². The summed E-state index contributed by atoms with van der Waals surface area (Å²) in [4.78, 5) is 0. The van der Waals surface area contributed by atoms with E-state index in [9.17, 15) is 0 Å². The second-order valence-corrected chi connectivity index (χ2v) is 4.37. The van der Waals surface area contributed by atoms with E-state index in [1.54, 1.807) is 0 Å². The highest BCUT2D eigenvalue weighted by atomic mass is 79.9. The molecule has 0 radical (unpaired) electrons. The van der Waals surface area contributed by atoms with Gasteiger partial charge in [0.05, 0.1) is 15.6 Å². The van der Waals surface area contributed by atoms with E-state index in [2.05, 4.69) is 37.3 Å². The van der Waals surface area contributed by atoms with E-state index in [0.29, 0.717) is 13.2 Å². The van der Waals surface area contributed by atoms with E-state index in [1.165, 1.54) is 0 Å². The summed E-state index contributed by atoms with van der Waals surface area (Å²) in [6.45, 7) is 2.96. The lowest BCUT2D eigenvalue weighted by Crippen LogP contribution is -2.06. The second-order valence-electron chi connectivity index (χ2n) is 2.66. The van der Waals surface area contributed by atoms with Gasteiger partial charge in [-0.3, -0.25) is 0 Å². The van der Waals surface area contributed by atoms with Crippen LogP contribution >= 0.6 is 31.9 Å². The number of halogens is 2. The minimum Gasteiger partial charge on any atom is -0.492 e. The van der Waals surface area contributed by atoms with Gasteiger partial charge in [-0.15, -0.1) is 0 Å². The van der Waals surface area contributed by atoms with Crippen LogP contribution in [0.1, 0.15) is 12.5 Å². The van der Waals surface area contributed by atoms with Gasteiger partial charge < -0.3 is 9.94 Å². The predicted octanol–water partition coefficient (Wildman–Crippen LogP) is 3.09. The fourth-order valence-electron chi connectivity index (χ4n) is 1.09. The average molecular weight is 325 g/mol. The molecule has 0 heterocycles. The summed E-state index contributed by atoms with van der Waals surface area (Å²) in [6, 6.07) is 3.80. The van der Waals surface area contributed by atoms with Crippen LogP contribution in [0.3, 0.4) is 0 Å². The van der Waals surface area contributed by atoms with E-state index < -0.39 is 0 Å². The van der Waals surface area contributed by atoms with Crippen LogP contribution in [0.25, 0.3) is 0 Å². The zero-order chi connectivity index (χ0) is 10.6. The molecule has 1 rings (SSSR count). The third kappa shape index (κ3) is 2.95. The SMILES string of the molecule is CCOc1c(Br)cc(CNO)cc1Br. The molecule has 0 unspecified atom stereocenters. The first-order valence-electron chi connectivity index (χ1n) is 4.16. The largest absolute Gasteiger partial charge is 0.492 e. The zero-order valence-corrected chi connectivity index (χ0v) is 10.9. The summed E-state index contributed by atoms with van der Waals surface area (Å²) < 4.78 is 7.17. The van der Waals surface area contributed by atoms with Crippen LogP contribution in [0.2, 0.25) is 0 Å². The molecule has 2 N–H and O–H groups in total. The molecule has 0 saturated carbocycles. The van der Waals surface area contributed by atoms with E-state index >= 15 is 0 Å². The molecule has 0 aliphatic heterocycles. The summed E-state index contributed by atoms with van der Waals surface area (Å²) >= 11 is 6.81.